The monoisotopic (exact) mass is 106 g/mol. The molecule has 0 aliphatic heterocycles. The van der Waals surface area contributed by atoms with Crippen LogP contribution in [0.1, 0.15) is 13.8 Å². The van der Waals surface area contributed by atoms with Crippen molar-refractivity contribution in [2.45, 2.75) is 13.8 Å². The largest absolute Gasteiger partial charge is 0.101 e. The van der Waals surface area contributed by atoms with E-state index >= 15 is 0 Å². The Bertz CT molecular complexity index is 151. The van der Waals surface area contributed by atoms with Crippen LogP contribution in [0.5, 0.6) is 0 Å². The Labute approximate surface area is 50.9 Å². The number of rotatable bonds is 1. The zero-order chi connectivity index (χ0) is 6.41. The maximum atomic E-state index is 3.58. The van der Waals surface area contributed by atoms with Crippen molar-refractivity contribution in [3.8, 4) is 11.8 Å². The van der Waals surface area contributed by atoms with Gasteiger partial charge in [-0.05, 0) is 13.8 Å². The Kier molecular flexibility index (Phi) is 3.70. The fraction of sp³-hybridized carbons (Fsp3) is 0.250. The fourth-order valence-corrected chi connectivity index (χ4v) is 0.385. The van der Waals surface area contributed by atoms with Gasteiger partial charge < -0.3 is 0 Å². The molecule has 0 spiro atoms. The second kappa shape index (κ2) is 4.21. The summed E-state index contributed by atoms with van der Waals surface area (Å²) in [6, 6.07) is 0. The number of hydrogen-bond donors (Lipinski definition) is 0. The first-order valence-corrected chi connectivity index (χ1v) is 2.56. The van der Waals surface area contributed by atoms with Crippen LogP contribution in [-0.2, 0) is 0 Å². The summed E-state index contributed by atoms with van der Waals surface area (Å²) in [5, 5.41) is 0. The minimum Gasteiger partial charge on any atom is -0.101 e. The molecule has 0 bridgehead atoms. The van der Waals surface area contributed by atoms with Crippen LogP contribution in [0.25, 0.3) is 0 Å². The Morgan fingerprint density at radius 1 is 1.62 bits per heavy atom. The van der Waals surface area contributed by atoms with Crippen LogP contribution in [0.4, 0.5) is 0 Å². The van der Waals surface area contributed by atoms with E-state index in [1.165, 1.54) is 0 Å². The molecule has 0 aromatic carbocycles. The lowest BCUT2D eigenvalue weighted by molar-refractivity contribution is 1.65. The summed E-state index contributed by atoms with van der Waals surface area (Å²) in [6.07, 6.45) is 3.68. The van der Waals surface area contributed by atoms with Gasteiger partial charge in [0.1, 0.15) is 0 Å². The average Bonchev–Trinajstić information content (AvgIpc) is 1.83. The SMILES string of the molecule is C=C/C(C#CC)=C\C. The Morgan fingerprint density at radius 2 is 2.25 bits per heavy atom. The molecule has 0 aliphatic carbocycles. The van der Waals surface area contributed by atoms with Crippen LogP contribution in [0.3, 0.4) is 0 Å². The summed E-state index contributed by atoms with van der Waals surface area (Å²) in [5.41, 5.74) is 0.993. The molecule has 0 atom stereocenters. The van der Waals surface area contributed by atoms with Crippen LogP contribution in [-0.4, -0.2) is 0 Å². The molecule has 0 aromatic rings. The molecule has 0 rings (SSSR count). The summed E-state index contributed by atoms with van der Waals surface area (Å²) >= 11 is 0. The first-order valence-electron chi connectivity index (χ1n) is 2.56. The molecule has 0 fully saturated rings. The molecule has 0 nitrogen and oxygen atoms in total. The third-order valence-corrected chi connectivity index (χ3v) is 0.800. The lowest BCUT2D eigenvalue weighted by atomic mass is 10.2. The summed E-state index contributed by atoms with van der Waals surface area (Å²) in [7, 11) is 0. The molecule has 8 heavy (non-hydrogen) atoms. The van der Waals surface area contributed by atoms with Crippen LogP contribution < -0.4 is 0 Å². The number of hydrogen-bond acceptors (Lipinski definition) is 0. The van der Waals surface area contributed by atoms with Crippen molar-refractivity contribution in [2.75, 3.05) is 0 Å². The molecule has 0 heteroatoms. The van der Waals surface area contributed by atoms with Crippen LogP contribution in [0, 0.1) is 11.8 Å². The van der Waals surface area contributed by atoms with Gasteiger partial charge >= 0.3 is 0 Å². The quantitative estimate of drug-likeness (QED) is 0.355. The minimum atomic E-state index is 0.993. The zero-order valence-corrected chi connectivity index (χ0v) is 5.36. The van der Waals surface area contributed by atoms with Crippen molar-refractivity contribution in [3.05, 3.63) is 24.3 Å². The molecule has 0 radical (unpaired) electrons. The van der Waals surface area contributed by atoms with Crippen molar-refractivity contribution >= 4 is 0 Å². The summed E-state index contributed by atoms with van der Waals surface area (Å²) in [4.78, 5) is 0. The molecular formula is C8H10. The Hall–Kier alpha value is -0.960. The molecule has 0 amide bonds. The van der Waals surface area contributed by atoms with Gasteiger partial charge in [-0.15, -0.1) is 5.92 Å². The standard InChI is InChI=1S/C8H10/c1-4-7-8(5-2)6-3/h5-6H,2H2,1,3H3/b8-6+. The van der Waals surface area contributed by atoms with Gasteiger partial charge in [0, 0.05) is 5.57 Å². The van der Waals surface area contributed by atoms with Gasteiger partial charge in [-0.2, -0.15) is 0 Å². The molecule has 0 aliphatic rings. The summed E-state index contributed by atoms with van der Waals surface area (Å²) in [6.45, 7) is 7.34. The van der Waals surface area contributed by atoms with Gasteiger partial charge in [-0.3, -0.25) is 0 Å². The van der Waals surface area contributed by atoms with E-state index in [9.17, 15) is 0 Å². The Morgan fingerprint density at radius 3 is 2.38 bits per heavy atom. The van der Waals surface area contributed by atoms with Gasteiger partial charge in [-0.25, -0.2) is 0 Å². The van der Waals surface area contributed by atoms with Gasteiger partial charge in [0.25, 0.3) is 0 Å². The second-order valence-electron chi connectivity index (χ2n) is 1.32. The highest BCUT2D eigenvalue weighted by Gasteiger charge is 1.74. The van der Waals surface area contributed by atoms with Gasteiger partial charge in [0.05, 0.1) is 0 Å². The molecule has 0 saturated heterocycles. The first kappa shape index (κ1) is 7.04. The van der Waals surface area contributed by atoms with E-state index in [2.05, 4.69) is 18.4 Å². The Balaban J connectivity index is 4.06. The lowest BCUT2D eigenvalue weighted by Crippen LogP contribution is -1.65. The van der Waals surface area contributed by atoms with E-state index in [0.29, 0.717) is 0 Å². The summed E-state index contributed by atoms with van der Waals surface area (Å²) < 4.78 is 0. The molecule has 0 heterocycles. The topological polar surface area (TPSA) is 0 Å². The minimum absolute atomic E-state index is 0.993. The normalized spacial score (nSPS) is 9.50. The van der Waals surface area contributed by atoms with Gasteiger partial charge in [0.15, 0.2) is 0 Å². The lowest BCUT2D eigenvalue weighted by Gasteiger charge is -1.80. The molecule has 42 valence electrons. The summed E-state index contributed by atoms with van der Waals surface area (Å²) in [5.74, 6) is 5.66. The zero-order valence-electron chi connectivity index (χ0n) is 5.36. The maximum absolute atomic E-state index is 3.58. The van der Waals surface area contributed by atoms with Crippen LogP contribution in [0.2, 0.25) is 0 Å². The van der Waals surface area contributed by atoms with Crippen molar-refractivity contribution in [1.29, 1.82) is 0 Å². The van der Waals surface area contributed by atoms with E-state index in [1.807, 2.05) is 19.9 Å². The van der Waals surface area contributed by atoms with Crippen molar-refractivity contribution < 1.29 is 0 Å². The molecule has 0 aromatic heterocycles. The van der Waals surface area contributed by atoms with Gasteiger partial charge in [-0.1, -0.05) is 24.7 Å². The predicted molar refractivity (Wildman–Crippen MR) is 37.4 cm³/mol. The van der Waals surface area contributed by atoms with Crippen LogP contribution in [0.15, 0.2) is 24.3 Å². The van der Waals surface area contributed by atoms with E-state index in [1.54, 1.807) is 6.08 Å². The van der Waals surface area contributed by atoms with Crippen molar-refractivity contribution in [1.82, 2.24) is 0 Å². The first-order chi connectivity index (χ1) is 3.85. The van der Waals surface area contributed by atoms with E-state index in [4.69, 9.17) is 0 Å². The van der Waals surface area contributed by atoms with Crippen LogP contribution >= 0.6 is 0 Å². The molecular weight excluding hydrogens is 96.1 g/mol. The van der Waals surface area contributed by atoms with Gasteiger partial charge in [0.2, 0.25) is 0 Å². The molecule has 0 unspecified atom stereocenters. The highest BCUT2D eigenvalue weighted by atomic mass is 13.8. The fourth-order valence-electron chi connectivity index (χ4n) is 0.385. The van der Waals surface area contributed by atoms with E-state index in [-0.39, 0.29) is 0 Å². The third kappa shape index (κ3) is 2.25. The highest BCUT2D eigenvalue weighted by molar-refractivity contribution is 5.35. The van der Waals surface area contributed by atoms with E-state index < -0.39 is 0 Å². The smallest absolute Gasteiger partial charge is 0.0196 e. The van der Waals surface area contributed by atoms with Crippen molar-refractivity contribution in [2.24, 2.45) is 0 Å². The average molecular weight is 106 g/mol. The molecule has 0 N–H and O–H groups in total. The van der Waals surface area contributed by atoms with E-state index in [0.717, 1.165) is 5.57 Å². The van der Waals surface area contributed by atoms with Crippen molar-refractivity contribution in [3.63, 3.8) is 0 Å². The third-order valence-electron chi connectivity index (χ3n) is 0.800. The highest BCUT2D eigenvalue weighted by Crippen LogP contribution is 1.89. The maximum Gasteiger partial charge on any atom is 0.0196 e. The molecule has 0 saturated carbocycles. The number of allylic oxidation sites excluding steroid dienone is 3. The predicted octanol–water partition coefficient (Wildman–Crippen LogP) is 2.14. The second-order valence-corrected chi connectivity index (χ2v) is 1.32.